The van der Waals surface area contributed by atoms with E-state index in [1.165, 1.54) is 0 Å². The summed E-state index contributed by atoms with van der Waals surface area (Å²) in [5.74, 6) is 0.282. The highest BCUT2D eigenvalue weighted by Gasteiger charge is 2.10. The zero-order valence-electron chi connectivity index (χ0n) is 9.29. The van der Waals surface area contributed by atoms with Crippen molar-refractivity contribution in [3.8, 4) is 0 Å². The first kappa shape index (κ1) is 10.9. The van der Waals surface area contributed by atoms with E-state index in [4.69, 9.17) is 17.3 Å². The number of nitrogen functional groups attached to an aromatic ring is 1. The van der Waals surface area contributed by atoms with Crippen LogP contribution in [0.4, 0.5) is 5.82 Å². The van der Waals surface area contributed by atoms with Crippen LogP contribution in [-0.2, 0) is 6.54 Å². The van der Waals surface area contributed by atoms with Gasteiger partial charge in [0.25, 0.3) is 0 Å². The summed E-state index contributed by atoms with van der Waals surface area (Å²) < 4.78 is 1.83. The van der Waals surface area contributed by atoms with E-state index in [2.05, 4.69) is 19.9 Å². The van der Waals surface area contributed by atoms with Gasteiger partial charge in [-0.2, -0.15) is 9.97 Å². The first-order valence-corrected chi connectivity index (χ1v) is 5.65. The molecule has 0 spiro atoms. The smallest absolute Gasteiger partial charge is 0.226 e. The molecule has 3 aromatic rings. The van der Waals surface area contributed by atoms with Gasteiger partial charge in [0.1, 0.15) is 5.52 Å². The second kappa shape index (κ2) is 4.23. The quantitative estimate of drug-likeness (QED) is 0.706. The highest BCUT2D eigenvalue weighted by atomic mass is 35.5. The topological polar surface area (TPSA) is 82.5 Å². The summed E-state index contributed by atoms with van der Waals surface area (Å²) in [4.78, 5) is 16.4. The van der Waals surface area contributed by atoms with Crippen LogP contribution < -0.4 is 5.73 Å². The number of fused-ring (bicyclic) bond motifs is 1. The third-order valence-electron chi connectivity index (χ3n) is 2.52. The Kier molecular flexibility index (Phi) is 2.56. The monoisotopic (exact) mass is 260 g/mol. The largest absolute Gasteiger partial charge is 0.382 e. The SMILES string of the molecule is Nc1nc(Cl)nc2c1ncn2Cc1ccccn1. The van der Waals surface area contributed by atoms with Crippen molar-refractivity contribution in [2.24, 2.45) is 0 Å². The van der Waals surface area contributed by atoms with Crippen molar-refractivity contribution in [3.63, 3.8) is 0 Å². The molecule has 0 saturated heterocycles. The molecule has 0 atom stereocenters. The Bertz CT molecular complexity index is 693. The van der Waals surface area contributed by atoms with Crippen molar-refractivity contribution in [2.45, 2.75) is 6.54 Å². The molecule has 3 heterocycles. The summed E-state index contributed by atoms with van der Waals surface area (Å²) in [6, 6.07) is 5.72. The Morgan fingerprint density at radius 1 is 1.22 bits per heavy atom. The number of hydrogen-bond donors (Lipinski definition) is 1. The number of aromatic nitrogens is 5. The van der Waals surface area contributed by atoms with Gasteiger partial charge >= 0.3 is 0 Å². The van der Waals surface area contributed by atoms with Gasteiger partial charge in [-0.3, -0.25) is 4.98 Å². The Labute approximate surface area is 107 Å². The van der Waals surface area contributed by atoms with Crippen molar-refractivity contribution in [1.82, 2.24) is 24.5 Å². The molecule has 6 nitrogen and oxygen atoms in total. The Hall–Kier alpha value is -2.21. The summed E-state index contributed by atoms with van der Waals surface area (Å²) in [6.07, 6.45) is 3.39. The van der Waals surface area contributed by atoms with E-state index in [0.29, 0.717) is 17.7 Å². The lowest BCUT2D eigenvalue weighted by Crippen LogP contribution is -2.02. The number of hydrogen-bond acceptors (Lipinski definition) is 5. The first-order valence-electron chi connectivity index (χ1n) is 5.28. The highest BCUT2D eigenvalue weighted by Crippen LogP contribution is 2.18. The molecule has 0 unspecified atom stereocenters. The molecule has 0 aliphatic rings. The number of halogens is 1. The minimum atomic E-state index is 0.114. The van der Waals surface area contributed by atoms with Gasteiger partial charge in [-0.25, -0.2) is 4.98 Å². The van der Waals surface area contributed by atoms with E-state index in [9.17, 15) is 0 Å². The van der Waals surface area contributed by atoms with Crippen molar-refractivity contribution >= 4 is 28.6 Å². The fraction of sp³-hybridized carbons (Fsp3) is 0.0909. The molecule has 3 aromatic heterocycles. The summed E-state index contributed by atoms with van der Waals surface area (Å²) in [6.45, 7) is 0.560. The van der Waals surface area contributed by atoms with Crippen LogP contribution in [0.15, 0.2) is 30.7 Å². The van der Waals surface area contributed by atoms with E-state index in [1.54, 1.807) is 12.5 Å². The van der Waals surface area contributed by atoms with Gasteiger partial charge in [0.2, 0.25) is 5.28 Å². The maximum absolute atomic E-state index is 5.80. The average Bonchev–Trinajstić information content (AvgIpc) is 2.74. The molecule has 90 valence electrons. The lowest BCUT2D eigenvalue weighted by atomic mass is 10.3. The van der Waals surface area contributed by atoms with Crippen LogP contribution >= 0.6 is 11.6 Å². The maximum Gasteiger partial charge on any atom is 0.226 e. The molecule has 0 amide bonds. The van der Waals surface area contributed by atoms with Crippen LogP contribution in [0.5, 0.6) is 0 Å². The zero-order chi connectivity index (χ0) is 12.5. The minimum Gasteiger partial charge on any atom is -0.382 e. The Morgan fingerprint density at radius 2 is 2.11 bits per heavy atom. The summed E-state index contributed by atoms with van der Waals surface area (Å²) >= 11 is 5.80. The molecular weight excluding hydrogens is 252 g/mol. The molecule has 0 aromatic carbocycles. The number of pyridine rings is 1. The van der Waals surface area contributed by atoms with E-state index in [-0.39, 0.29) is 11.1 Å². The van der Waals surface area contributed by atoms with Crippen molar-refractivity contribution in [1.29, 1.82) is 0 Å². The van der Waals surface area contributed by atoms with Crippen LogP contribution in [0.25, 0.3) is 11.2 Å². The predicted molar refractivity (Wildman–Crippen MR) is 68.1 cm³/mol. The van der Waals surface area contributed by atoms with E-state index < -0.39 is 0 Å². The first-order chi connectivity index (χ1) is 8.74. The number of nitrogens with zero attached hydrogens (tertiary/aromatic N) is 5. The lowest BCUT2D eigenvalue weighted by molar-refractivity contribution is 0.788. The molecule has 0 bridgehead atoms. The minimum absolute atomic E-state index is 0.114. The van der Waals surface area contributed by atoms with Gasteiger partial charge in [0.15, 0.2) is 11.5 Å². The summed E-state index contributed by atoms with van der Waals surface area (Å²) in [5.41, 5.74) is 7.80. The number of nitrogens with two attached hydrogens (primary N) is 1. The number of imidazole rings is 1. The number of anilines is 1. The third kappa shape index (κ3) is 1.86. The van der Waals surface area contributed by atoms with Gasteiger partial charge in [0.05, 0.1) is 18.6 Å². The van der Waals surface area contributed by atoms with Gasteiger partial charge in [-0.05, 0) is 23.7 Å². The molecular formula is C11H9ClN6. The standard InChI is InChI=1S/C11H9ClN6/c12-11-16-9(13)8-10(17-11)18(6-15-8)5-7-3-1-2-4-14-7/h1-4,6H,5H2,(H2,13,16,17). The fourth-order valence-corrected chi connectivity index (χ4v) is 1.89. The van der Waals surface area contributed by atoms with Crippen LogP contribution in [0, 0.1) is 0 Å². The molecule has 3 rings (SSSR count). The van der Waals surface area contributed by atoms with Gasteiger partial charge in [-0.1, -0.05) is 6.07 Å². The van der Waals surface area contributed by atoms with Crippen LogP contribution in [-0.4, -0.2) is 24.5 Å². The third-order valence-corrected chi connectivity index (χ3v) is 2.69. The molecule has 18 heavy (non-hydrogen) atoms. The fourth-order valence-electron chi connectivity index (χ4n) is 1.72. The second-order valence-electron chi connectivity index (χ2n) is 3.74. The molecule has 0 saturated carbocycles. The van der Waals surface area contributed by atoms with Crippen molar-refractivity contribution in [3.05, 3.63) is 41.7 Å². The normalized spacial score (nSPS) is 10.9. The molecule has 0 radical (unpaired) electrons. The van der Waals surface area contributed by atoms with Gasteiger partial charge < -0.3 is 10.3 Å². The van der Waals surface area contributed by atoms with E-state index in [1.807, 2.05) is 22.8 Å². The second-order valence-corrected chi connectivity index (χ2v) is 4.08. The predicted octanol–water partition coefficient (Wildman–Crippen LogP) is 1.51. The summed E-state index contributed by atoms with van der Waals surface area (Å²) in [5, 5.41) is 0.114. The molecule has 0 aliphatic heterocycles. The number of rotatable bonds is 2. The van der Waals surface area contributed by atoms with Gasteiger partial charge in [-0.15, -0.1) is 0 Å². The average molecular weight is 261 g/mol. The van der Waals surface area contributed by atoms with Gasteiger partial charge in [0, 0.05) is 6.20 Å². The molecule has 7 heteroatoms. The van der Waals surface area contributed by atoms with Crippen LogP contribution in [0.3, 0.4) is 0 Å². The zero-order valence-corrected chi connectivity index (χ0v) is 10.0. The maximum atomic E-state index is 5.80. The molecule has 0 aliphatic carbocycles. The molecule has 2 N–H and O–H groups in total. The van der Waals surface area contributed by atoms with Crippen LogP contribution in [0.1, 0.15) is 5.69 Å². The van der Waals surface area contributed by atoms with Crippen molar-refractivity contribution in [2.75, 3.05) is 5.73 Å². The van der Waals surface area contributed by atoms with Crippen LogP contribution in [0.2, 0.25) is 5.28 Å². The Balaban J connectivity index is 2.08. The van der Waals surface area contributed by atoms with Crippen molar-refractivity contribution < 1.29 is 0 Å². The lowest BCUT2D eigenvalue weighted by Gasteiger charge is -2.03. The molecule has 0 fully saturated rings. The van der Waals surface area contributed by atoms with E-state index in [0.717, 1.165) is 5.69 Å². The summed E-state index contributed by atoms with van der Waals surface area (Å²) in [7, 11) is 0. The highest BCUT2D eigenvalue weighted by molar-refractivity contribution is 6.28. The Morgan fingerprint density at radius 3 is 2.89 bits per heavy atom. The van der Waals surface area contributed by atoms with E-state index >= 15 is 0 Å².